The van der Waals surface area contributed by atoms with Crippen molar-refractivity contribution < 1.29 is 34.1 Å². The third-order valence-electron chi connectivity index (χ3n) is 6.12. The Hall–Kier alpha value is -4.08. The van der Waals surface area contributed by atoms with Crippen LogP contribution in [-0.4, -0.2) is 51.4 Å². The maximum absolute atomic E-state index is 12.4. The van der Waals surface area contributed by atoms with Gasteiger partial charge in [0.25, 0.3) is 0 Å². The predicted octanol–water partition coefficient (Wildman–Crippen LogP) is 2.70. The molecule has 1 fully saturated rings. The number of aliphatic hydroxyl groups is 2. The highest BCUT2D eigenvalue weighted by atomic mass is 16.6. The van der Waals surface area contributed by atoms with Crippen LogP contribution in [-0.2, 0) is 23.9 Å². The number of hydrogen-bond donors (Lipinski definition) is 4. The maximum Gasteiger partial charge on any atom is 0.248 e. The lowest BCUT2D eigenvalue weighted by atomic mass is 9.88. The topological polar surface area (TPSA) is 145 Å². The minimum atomic E-state index is -1.61. The zero-order chi connectivity index (χ0) is 27.7. The zero-order valence-corrected chi connectivity index (χ0v) is 21.3. The van der Waals surface area contributed by atoms with Crippen molar-refractivity contribution in [1.82, 2.24) is 10.6 Å². The number of carbonyl (C=O) groups excluding carboxylic acids is 4. The van der Waals surface area contributed by atoms with Crippen molar-refractivity contribution in [3.05, 3.63) is 96.1 Å². The molecule has 0 aromatic rings. The molecule has 1 heterocycles. The third-order valence-corrected chi connectivity index (χ3v) is 6.12. The lowest BCUT2D eigenvalue weighted by Gasteiger charge is -2.23. The van der Waals surface area contributed by atoms with E-state index in [4.69, 9.17) is 4.74 Å². The predicted molar refractivity (Wildman–Crippen MR) is 141 cm³/mol. The molecule has 1 aliphatic heterocycles. The van der Waals surface area contributed by atoms with Crippen LogP contribution in [0, 0.1) is 5.92 Å². The van der Waals surface area contributed by atoms with Crippen LogP contribution < -0.4 is 10.6 Å². The molecule has 2 aliphatic carbocycles. The molecule has 0 saturated carbocycles. The number of ketones is 2. The van der Waals surface area contributed by atoms with Gasteiger partial charge in [0.1, 0.15) is 23.2 Å². The number of fused-ring (bicyclic) bond motifs is 1. The maximum atomic E-state index is 12.4. The molecule has 9 nitrogen and oxygen atoms in total. The first kappa shape index (κ1) is 28.5. The molecule has 0 unspecified atom stereocenters. The molecule has 1 saturated heterocycles. The van der Waals surface area contributed by atoms with Crippen LogP contribution in [0.1, 0.15) is 33.1 Å². The number of carbonyl (C=O) groups is 4. The number of nitrogens with one attached hydrogen (secondary N) is 2. The minimum Gasteiger partial charge on any atom is -0.510 e. The molecule has 4 N–H and O–H groups in total. The van der Waals surface area contributed by atoms with Gasteiger partial charge >= 0.3 is 0 Å². The van der Waals surface area contributed by atoms with Gasteiger partial charge in [-0.3, -0.25) is 19.2 Å². The van der Waals surface area contributed by atoms with Gasteiger partial charge in [0, 0.05) is 25.0 Å². The second-order valence-electron chi connectivity index (χ2n) is 9.13. The van der Waals surface area contributed by atoms with Crippen LogP contribution in [0.5, 0.6) is 0 Å². The Morgan fingerprint density at radius 2 is 1.66 bits per heavy atom. The van der Waals surface area contributed by atoms with Gasteiger partial charge in [-0.2, -0.15) is 0 Å². The number of rotatable bonds is 11. The Morgan fingerprint density at radius 3 is 2.29 bits per heavy atom. The van der Waals surface area contributed by atoms with E-state index in [1.54, 1.807) is 24.3 Å². The zero-order valence-electron chi connectivity index (χ0n) is 21.3. The van der Waals surface area contributed by atoms with Crippen molar-refractivity contribution in [3.63, 3.8) is 0 Å². The molecule has 3 rings (SSSR count). The van der Waals surface area contributed by atoms with E-state index in [1.165, 1.54) is 42.5 Å². The van der Waals surface area contributed by atoms with E-state index in [-0.39, 0.29) is 35.8 Å². The minimum absolute atomic E-state index is 0.0502. The highest BCUT2D eigenvalue weighted by molar-refractivity contribution is 6.06. The van der Waals surface area contributed by atoms with Gasteiger partial charge in [-0.15, -0.1) is 0 Å². The Morgan fingerprint density at radius 1 is 1.03 bits per heavy atom. The first-order valence-electron chi connectivity index (χ1n) is 12.4. The van der Waals surface area contributed by atoms with Crippen molar-refractivity contribution in [2.45, 2.75) is 50.9 Å². The van der Waals surface area contributed by atoms with Crippen LogP contribution >= 0.6 is 0 Å². The lowest BCUT2D eigenvalue weighted by molar-refractivity contribution is -0.121. The Labute approximate surface area is 221 Å². The summed E-state index contributed by atoms with van der Waals surface area (Å²) in [6.07, 6.45) is 20.0. The lowest BCUT2D eigenvalue weighted by Crippen LogP contribution is -2.42. The fourth-order valence-corrected chi connectivity index (χ4v) is 3.71. The Balaban J connectivity index is 1.54. The van der Waals surface area contributed by atoms with E-state index in [0.717, 1.165) is 6.42 Å². The number of epoxide rings is 1. The molecule has 4 atom stereocenters. The smallest absolute Gasteiger partial charge is 0.248 e. The largest absolute Gasteiger partial charge is 0.510 e. The molecule has 2 amide bonds. The number of Topliss-reactive ketones (excluding diaryl/α,β-unsaturated/α-hetero) is 2. The van der Waals surface area contributed by atoms with E-state index < -0.39 is 35.4 Å². The van der Waals surface area contributed by atoms with Crippen molar-refractivity contribution in [2.75, 3.05) is 0 Å². The molecule has 0 aromatic heterocycles. The third kappa shape index (κ3) is 7.71. The number of allylic oxidation sites excluding steroid dienone is 11. The second kappa shape index (κ2) is 12.9. The molecule has 0 aromatic carbocycles. The van der Waals surface area contributed by atoms with Gasteiger partial charge in [0.05, 0.1) is 5.70 Å². The number of ether oxygens (including phenoxy) is 1. The van der Waals surface area contributed by atoms with Crippen LogP contribution in [0.15, 0.2) is 96.1 Å². The molecule has 0 radical (unpaired) electrons. The fraction of sp³-hybridized carbons (Fsp3) is 0.310. The van der Waals surface area contributed by atoms with Crippen molar-refractivity contribution in [1.29, 1.82) is 0 Å². The highest BCUT2D eigenvalue weighted by Crippen LogP contribution is 2.40. The molecular weight excluding hydrogens is 488 g/mol. The van der Waals surface area contributed by atoms with Gasteiger partial charge in [0.15, 0.2) is 11.9 Å². The standard InChI is InChI=1S/C29H32N2O7/c1-3-19(2)12-8-4-5-9-13-23(34)30-20-18-29(37,28-27(38-28)26(20)36)17-11-7-6-10-14-24(35)31-25-21(32)15-16-22(25)33/h4-14,17-19,27-28,32,37H,3,15-16H2,1-2H3,(H,30,34)(H,31,35)/b5-4+,7-6+,12-8+,13-9+,14-10+,17-11+/t19-,27-,28-,29+/m1/s1. The number of aliphatic hydroxyl groups excluding tert-OH is 1. The summed E-state index contributed by atoms with van der Waals surface area (Å²) >= 11 is 0. The van der Waals surface area contributed by atoms with E-state index in [1.807, 2.05) is 6.08 Å². The molecule has 9 heteroatoms. The van der Waals surface area contributed by atoms with Crippen LogP contribution in [0.25, 0.3) is 0 Å². The van der Waals surface area contributed by atoms with E-state index in [2.05, 4.69) is 30.6 Å². The monoisotopic (exact) mass is 520 g/mol. The quantitative estimate of drug-likeness (QED) is 0.186. The molecule has 3 aliphatic rings. The van der Waals surface area contributed by atoms with E-state index in [9.17, 15) is 29.4 Å². The van der Waals surface area contributed by atoms with Crippen molar-refractivity contribution in [2.24, 2.45) is 5.92 Å². The van der Waals surface area contributed by atoms with E-state index >= 15 is 0 Å². The number of amides is 2. The summed E-state index contributed by atoms with van der Waals surface area (Å²) in [4.78, 5) is 48.2. The second-order valence-corrected chi connectivity index (χ2v) is 9.13. The molecule has 0 bridgehead atoms. The molecule has 0 spiro atoms. The fourth-order valence-electron chi connectivity index (χ4n) is 3.71. The summed E-state index contributed by atoms with van der Waals surface area (Å²) in [5.74, 6) is -1.46. The van der Waals surface area contributed by atoms with Gasteiger partial charge in [-0.25, -0.2) is 0 Å². The number of hydrogen-bond acceptors (Lipinski definition) is 7. The van der Waals surface area contributed by atoms with Crippen LogP contribution in [0.2, 0.25) is 0 Å². The van der Waals surface area contributed by atoms with E-state index in [0.29, 0.717) is 5.92 Å². The summed E-state index contributed by atoms with van der Waals surface area (Å²) in [5.41, 5.74) is -1.73. The average molecular weight is 521 g/mol. The average Bonchev–Trinajstić information content (AvgIpc) is 3.65. The van der Waals surface area contributed by atoms with Gasteiger partial charge in [-0.05, 0) is 18.1 Å². The Bertz CT molecular complexity index is 1220. The summed E-state index contributed by atoms with van der Waals surface area (Å²) in [6, 6.07) is 0. The summed E-state index contributed by atoms with van der Waals surface area (Å²) in [5, 5.41) is 25.4. The van der Waals surface area contributed by atoms with Gasteiger partial charge in [-0.1, -0.05) is 75.0 Å². The first-order chi connectivity index (χ1) is 18.1. The van der Waals surface area contributed by atoms with Crippen molar-refractivity contribution >= 4 is 23.4 Å². The van der Waals surface area contributed by atoms with Crippen LogP contribution in [0.3, 0.4) is 0 Å². The summed E-state index contributed by atoms with van der Waals surface area (Å²) < 4.78 is 5.33. The van der Waals surface area contributed by atoms with Crippen LogP contribution in [0.4, 0.5) is 0 Å². The van der Waals surface area contributed by atoms with Gasteiger partial charge in [0.2, 0.25) is 17.6 Å². The molecule has 200 valence electrons. The van der Waals surface area contributed by atoms with Gasteiger partial charge < -0.3 is 25.6 Å². The summed E-state index contributed by atoms with van der Waals surface area (Å²) in [7, 11) is 0. The Kier molecular flexibility index (Phi) is 9.70. The molecule has 38 heavy (non-hydrogen) atoms. The summed E-state index contributed by atoms with van der Waals surface area (Å²) in [6.45, 7) is 4.21. The van der Waals surface area contributed by atoms with Crippen molar-refractivity contribution in [3.8, 4) is 0 Å². The normalized spacial score (nSPS) is 26.4. The highest BCUT2D eigenvalue weighted by Gasteiger charge is 2.59. The SMILES string of the molecule is CC[C@@H](C)/C=C/C=C/C=C/C(=O)NC1=C[C@@](O)(/C=C/C=C/C=C/C(=O)NC2=C(O)CCC2=O)[C@@H]2O[C@@H]2C1=O. The molecular formula is C29H32N2O7. The first-order valence-corrected chi connectivity index (χ1v) is 12.4.